The third kappa shape index (κ3) is 3.66. The summed E-state index contributed by atoms with van der Waals surface area (Å²) in [4.78, 5) is 0. The molecule has 1 N–H and O–H groups in total. The van der Waals surface area contributed by atoms with Gasteiger partial charge in [0.25, 0.3) is 0 Å². The standard InChI is InChI=1S/C16H15BrN2/c1-12(13-7-4-8-16(17)9-13)19-11-15-6-3-2-5-14(15)10-18/h2-9,12,19H,11H2,1H3/t12-/m1/s1. The van der Waals surface area contributed by atoms with E-state index in [9.17, 15) is 0 Å². The van der Waals surface area contributed by atoms with Gasteiger partial charge < -0.3 is 5.32 Å². The zero-order chi connectivity index (χ0) is 13.7. The third-order valence-corrected chi connectivity index (χ3v) is 3.58. The Morgan fingerprint density at radius 2 is 2.00 bits per heavy atom. The third-order valence-electron chi connectivity index (χ3n) is 3.09. The summed E-state index contributed by atoms with van der Waals surface area (Å²) in [5.74, 6) is 0. The minimum Gasteiger partial charge on any atom is -0.306 e. The average molecular weight is 315 g/mol. The maximum absolute atomic E-state index is 9.05. The Kier molecular flexibility index (Phi) is 4.73. The van der Waals surface area contributed by atoms with Crippen molar-refractivity contribution in [1.29, 1.82) is 5.26 Å². The van der Waals surface area contributed by atoms with Crippen molar-refractivity contribution in [2.75, 3.05) is 0 Å². The summed E-state index contributed by atoms with van der Waals surface area (Å²) in [6.45, 7) is 2.81. The smallest absolute Gasteiger partial charge is 0.0995 e. The van der Waals surface area contributed by atoms with Crippen LogP contribution in [-0.2, 0) is 6.54 Å². The molecule has 19 heavy (non-hydrogen) atoms. The first-order valence-corrected chi connectivity index (χ1v) is 6.97. The van der Waals surface area contributed by atoms with E-state index in [1.165, 1.54) is 5.56 Å². The van der Waals surface area contributed by atoms with E-state index in [1.54, 1.807) is 0 Å². The van der Waals surface area contributed by atoms with Gasteiger partial charge in [-0.15, -0.1) is 0 Å². The van der Waals surface area contributed by atoms with Crippen LogP contribution in [-0.4, -0.2) is 0 Å². The van der Waals surface area contributed by atoms with Crippen molar-refractivity contribution in [3.63, 3.8) is 0 Å². The molecule has 2 rings (SSSR count). The molecule has 0 saturated carbocycles. The van der Waals surface area contributed by atoms with Crippen molar-refractivity contribution >= 4 is 15.9 Å². The summed E-state index contributed by atoms with van der Waals surface area (Å²) < 4.78 is 1.08. The zero-order valence-electron chi connectivity index (χ0n) is 10.7. The van der Waals surface area contributed by atoms with Crippen LogP contribution < -0.4 is 5.32 Å². The molecule has 0 unspecified atom stereocenters. The predicted octanol–water partition coefficient (Wildman–Crippen LogP) is 4.17. The van der Waals surface area contributed by atoms with Crippen LogP contribution in [0.4, 0.5) is 0 Å². The molecule has 0 bridgehead atoms. The number of hydrogen-bond acceptors (Lipinski definition) is 2. The Morgan fingerprint density at radius 1 is 1.21 bits per heavy atom. The normalized spacial score (nSPS) is 11.8. The van der Waals surface area contributed by atoms with Gasteiger partial charge in [-0.1, -0.05) is 46.3 Å². The van der Waals surface area contributed by atoms with E-state index in [1.807, 2.05) is 36.4 Å². The van der Waals surface area contributed by atoms with Gasteiger partial charge in [0.1, 0.15) is 0 Å². The van der Waals surface area contributed by atoms with Crippen LogP contribution in [0.1, 0.15) is 29.7 Å². The van der Waals surface area contributed by atoms with Gasteiger partial charge in [0.2, 0.25) is 0 Å². The van der Waals surface area contributed by atoms with Crippen molar-refractivity contribution in [2.45, 2.75) is 19.5 Å². The Morgan fingerprint density at radius 3 is 2.74 bits per heavy atom. The minimum atomic E-state index is 0.240. The van der Waals surface area contributed by atoms with Crippen molar-refractivity contribution in [3.05, 3.63) is 69.7 Å². The van der Waals surface area contributed by atoms with Crippen LogP contribution >= 0.6 is 15.9 Å². The summed E-state index contributed by atoms with van der Waals surface area (Å²) in [5.41, 5.74) is 2.99. The Labute approximate surface area is 122 Å². The van der Waals surface area contributed by atoms with Crippen molar-refractivity contribution in [1.82, 2.24) is 5.32 Å². The minimum absolute atomic E-state index is 0.240. The second-order valence-corrected chi connectivity index (χ2v) is 5.34. The molecule has 2 aromatic carbocycles. The molecule has 96 valence electrons. The van der Waals surface area contributed by atoms with Crippen LogP contribution in [0.3, 0.4) is 0 Å². The molecule has 0 aromatic heterocycles. The Balaban J connectivity index is 2.05. The lowest BCUT2D eigenvalue weighted by Crippen LogP contribution is -2.18. The highest BCUT2D eigenvalue weighted by Crippen LogP contribution is 2.18. The van der Waals surface area contributed by atoms with Gasteiger partial charge in [-0.05, 0) is 36.2 Å². The Hall–Kier alpha value is -1.63. The van der Waals surface area contributed by atoms with Gasteiger partial charge in [-0.3, -0.25) is 0 Å². The summed E-state index contributed by atoms with van der Waals surface area (Å²) in [5, 5.41) is 12.5. The van der Waals surface area contributed by atoms with Crippen molar-refractivity contribution < 1.29 is 0 Å². The molecule has 0 spiro atoms. The molecular weight excluding hydrogens is 300 g/mol. The van der Waals surface area contributed by atoms with E-state index >= 15 is 0 Å². The monoisotopic (exact) mass is 314 g/mol. The van der Waals surface area contributed by atoms with Crippen molar-refractivity contribution in [2.24, 2.45) is 0 Å². The van der Waals surface area contributed by atoms with Gasteiger partial charge >= 0.3 is 0 Å². The lowest BCUT2D eigenvalue weighted by molar-refractivity contribution is 0.574. The molecule has 0 fully saturated rings. The van der Waals surface area contributed by atoms with E-state index in [2.05, 4.69) is 46.4 Å². The fourth-order valence-electron chi connectivity index (χ4n) is 1.94. The van der Waals surface area contributed by atoms with Gasteiger partial charge in [0, 0.05) is 17.1 Å². The summed E-state index contributed by atoms with van der Waals surface area (Å²) in [6.07, 6.45) is 0. The lowest BCUT2D eigenvalue weighted by Gasteiger charge is -2.15. The molecule has 0 radical (unpaired) electrons. The van der Waals surface area contributed by atoms with Gasteiger partial charge in [0.15, 0.2) is 0 Å². The second kappa shape index (κ2) is 6.51. The predicted molar refractivity (Wildman–Crippen MR) is 80.6 cm³/mol. The number of nitriles is 1. The number of rotatable bonds is 4. The number of hydrogen-bond donors (Lipinski definition) is 1. The molecule has 2 nitrogen and oxygen atoms in total. The van der Waals surface area contributed by atoms with E-state index in [0.29, 0.717) is 6.54 Å². The number of halogens is 1. The van der Waals surface area contributed by atoms with E-state index < -0.39 is 0 Å². The largest absolute Gasteiger partial charge is 0.306 e. The Bertz CT molecular complexity index is 602. The lowest BCUT2D eigenvalue weighted by atomic mass is 10.1. The van der Waals surface area contributed by atoms with Crippen LogP contribution in [0, 0.1) is 11.3 Å². The fourth-order valence-corrected chi connectivity index (χ4v) is 2.36. The molecule has 0 saturated heterocycles. The van der Waals surface area contributed by atoms with Gasteiger partial charge in [-0.25, -0.2) is 0 Å². The average Bonchev–Trinajstić information content (AvgIpc) is 2.45. The highest BCUT2D eigenvalue weighted by atomic mass is 79.9. The van der Waals surface area contributed by atoms with Crippen molar-refractivity contribution in [3.8, 4) is 6.07 Å². The molecule has 2 aromatic rings. The SMILES string of the molecule is C[C@@H](NCc1ccccc1C#N)c1cccc(Br)c1. The molecule has 0 aliphatic rings. The molecule has 0 amide bonds. The molecule has 0 heterocycles. The number of benzene rings is 2. The van der Waals surface area contributed by atoms with Crippen LogP contribution in [0.15, 0.2) is 53.0 Å². The zero-order valence-corrected chi connectivity index (χ0v) is 12.3. The summed E-state index contributed by atoms with van der Waals surface area (Å²) in [7, 11) is 0. The first-order chi connectivity index (χ1) is 9.20. The van der Waals surface area contributed by atoms with E-state index in [4.69, 9.17) is 5.26 Å². The quantitative estimate of drug-likeness (QED) is 0.919. The van der Waals surface area contributed by atoms with Gasteiger partial charge in [-0.2, -0.15) is 5.26 Å². The molecule has 3 heteroatoms. The summed E-state index contributed by atoms with van der Waals surface area (Å²) in [6, 6.07) is 18.4. The first-order valence-electron chi connectivity index (χ1n) is 6.17. The highest BCUT2D eigenvalue weighted by Gasteiger charge is 2.06. The van der Waals surface area contributed by atoms with E-state index in [-0.39, 0.29) is 6.04 Å². The highest BCUT2D eigenvalue weighted by molar-refractivity contribution is 9.10. The first kappa shape index (κ1) is 13.8. The number of nitrogens with zero attached hydrogens (tertiary/aromatic N) is 1. The maximum Gasteiger partial charge on any atom is 0.0995 e. The van der Waals surface area contributed by atoms with Crippen LogP contribution in [0.2, 0.25) is 0 Å². The molecule has 0 aliphatic heterocycles. The maximum atomic E-state index is 9.05. The van der Waals surface area contributed by atoms with Crippen LogP contribution in [0.25, 0.3) is 0 Å². The summed E-state index contributed by atoms with van der Waals surface area (Å²) >= 11 is 3.48. The second-order valence-electron chi connectivity index (χ2n) is 4.43. The fraction of sp³-hybridized carbons (Fsp3) is 0.188. The van der Waals surface area contributed by atoms with Gasteiger partial charge in [0.05, 0.1) is 11.6 Å². The molecule has 1 atom stereocenters. The topological polar surface area (TPSA) is 35.8 Å². The number of nitrogens with one attached hydrogen (secondary N) is 1. The van der Waals surface area contributed by atoms with E-state index in [0.717, 1.165) is 15.6 Å². The molecule has 0 aliphatic carbocycles. The molecular formula is C16H15BrN2. The van der Waals surface area contributed by atoms with Crippen LogP contribution in [0.5, 0.6) is 0 Å².